The minimum atomic E-state index is -0.347. The van der Waals surface area contributed by atoms with Gasteiger partial charge in [0.05, 0.1) is 4.92 Å². The summed E-state index contributed by atoms with van der Waals surface area (Å²) < 4.78 is 0. The average Bonchev–Trinajstić information content (AvgIpc) is 2.53. The van der Waals surface area contributed by atoms with Gasteiger partial charge >= 0.3 is 0 Å². The first-order chi connectivity index (χ1) is 10.2. The van der Waals surface area contributed by atoms with Crippen LogP contribution in [0.15, 0.2) is 42.5 Å². The van der Waals surface area contributed by atoms with E-state index in [0.29, 0.717) is 0 Å². The van der Waals surface area contributed by atoms with Crippen molar-refractivity contribution in [1.29, 1.82) is 0 Å². The van der Waals surface area contributed by atoms with Crippen LogP contribution in [-0.4, -0.2) is 18.5 Å². The van der Waals surface area contributed by atoms with Crippen molar-refractivity contribution in [3.63, 3.8) is 0 Å². The molecule has 21 heavy (non-hydrogen) atoms. The first kappa shape index (κ1) is 13.4. The molecule has 5 nitrogen and oxygen atoms in total. The van der Waals surface area contributed by atoms with Crippen LogP contribution in [0.3, 0.4) is 0 Å². The highest BCUT2D eigenvalue weighted by molar-refractivity contribution is 5.73. The molecule has 0 radical (unpaired) electrons. The van der Waals surface area contributed by atoms with E-state index in [1.165, 1.54) is 5.56 Å². The summed E-state index contributed by atoms with van der Waals surface area (Å²) in [4.78, 5) is 12.9. The number of nitro groups is 1. The van der Waals surface area contributed by atoms with Crippen LogP contribution in [0, 0.1) is 10.1 Å². The number of hydrogen-bond donors (Lipinski definition) is 1. The Hall–Kier alpha value is -2.56. The van der Waals surface area contributed by atoms with E-state index in [4.69, 9.17) is 0 Å². The molecule has 0 unspecified atom stereocenters. The molecule has 0 spiro atoms. The molecule has 5 heteroatoms. The summed E-state index contributed by atoms with van der Waals surface area (Å²) >= 11 is 0. The third-order valence-corrected chi connectivity index (χ3v) is 3.82. The second-order valence-corrected chi connectivity index (χ2v) is 5.13. The summed E-state index contributed by atoms with van der Waals surface area (Å²) in [5.74, 6) is 0. The van der Waals surface area contributed by atoms with Crippen LogP contribution in [0.1, 0.15) is 12.0 Å². The lowest BCUT2D eigenvalue weighted by Gasteiger charge is -2.31. The van der Waals surface area contributed by atoms with Gasteiger partial charge in [-0.2, -0.15) is 0 Å². The summed E-state index contributed by atoms with van der Waals surface area (Å²) in [6.45, 7) is 0.876. The van der Waals surface area contributed by atoms with E-state index in [1.54, 1.807) is 19.2 Å². The van der Waals surface area contributed by atoms with Crippen LogP contribution >= 0.6 is 0 Å². The highest BCUT2D eigenvalue weighted by Gasteiger charge is 2.20. The van der Waals surface area contributed by atoms with Gasteiger partial charge in [-0.25, -0.2) is 0 Å². The Kier molecular flexibility index (Phi) is 3.48. The Balaban J connectivity index is 2.09. The number of non-ortho nitro benzene ring substituents is 1. The molecule has 2 aromatic rings. The number of fused-ring (bicyclic) bond motifs is 1. The van der Waals surface area contributed by atoms with Gasteiger partial charge in [0.25, 0.3) is 5.69 Å². The summed E-state index contributed by atoms with van der Waals surface area (Å²) in [6.07, 6.45) is 2.11. The molecule has 0 aromatic heterocycles. The van der Waals surface area contributed by atoms with Crippen molar-refractivity contribution in [2.75, 3.05) is 23.8 Å². The number of hydrogen-bond acceptors (Lipinski definition) is 4. The summed E-state index contributed by atoms with van der Waals surface area (Å²) in [6, 6.07) is 13.4. The zero-order valence-electron chi connectivity index (χ0n) is 11.9. The molecule has 0 atom stereocenters. The lowest BCUT2D eigenvalue weighted by molar-refractivity contribution is -0.384. The average molecular weight is 283 g/mol. The topological polar surface area (TPSA) is 58.4 Å². The fraction of sp³-hybridized carbons (Fsp3) is 0.250. The maximum Gasteiger partial charge on any atom is 0.273 e. The number of nitrogens with one attached hydrogen (secondary N) is 1. The molecule has 1 aliphatic rings. The van der Waals surface area contributed by atoms with Gasteiger partial charge in [0.15, 0.2) is 0 Å². The van der Waals surface area contributed by atoms with Crippen molar-refractivity contribution in [2.24, 2.45) is 0 Å². The van der Waals surface area contributed by atoms with E-state index in [0.717, 1.165) is 36.4 Å². The van der Waals surface area contributed by atoms with Crippen LogP contribution in [0.25, 0.3) is 0 Å². The molecular weight excluding hydrogens is 266 g/mol. The summed E-state index contributed by atoms with van der Waals surface area (Å²) in [5, 5.41) is 14.1. The Morgan fingerprint density at radius 1 is 1.24 bits per heavy atom. The molecule has 0 saturated heterocycles. The first-order valence-corrected chi connectivity index (χ1v) is 7.02. The van der Waals surface area contributed by atoms with Gasteiger partial charge in [0, 0.05) is 42.8 Å². The smallest absolute Gasteiger partial charge is 0.273 e. The third-order valence-electron chi connectivity index (χ3n) is 3.82. The number of para-hydroxylation sites is 1. The van der Waals surface area contributed by atoms with Gasteiger partial charge in [0.2, 0.25) is 0 Å². The molecule has 1 heterocycles. The van der Waals surface area contributed by atoms with Gasteiger partial charge in [-0.05, 0) is 30.5 Å². The predicted molar refractivity (Wildman–Crippen MR) is 84.4 cm³/mol. The molecule has 1 N–H and O–H groups in total. The van der Waals surface area contributed by atoms with Crippen molar-refractivity contribution in [3.05, 3.63) is 58.1 Å². The molecule has 0 amide bonds. The highest BCUT2D eigenvalue weighted by atomic mass is 16.6. The standard InChI is InChI=1S/C16H17N3O2/c1-17-13-9-14(11-15(10-13)19(20)21)18-8-4-6-12-5-2-3-7-16(12)18/h2-3,5,7,9-11,17H,4,6,8H2,1H3. The second-order valence-electron chi connectivity index (χ2n) is 5.13. The molecule has 0 saturated carbocycles. The van der Waals surface area contributed by atoms with Gasteiger partial charge < -0.3 is 10.2 Å². The predicted octanol–water partition coefficient (Wildman–Crippen LogP) is 3.72. The minimum Gasteiger partial charge on any atom is -0.388 e. The molecule has 0 fully saturated rings. The van der Waals surface area contributed by atoms with E-state index in [1.807, 2.05) is 18.2 Å². The molecular formula is C16H17N3O2. The number of nitro benzene ring substituents is 1. The van der Waals surface area contributed by atoms with Crippen molar-refractivity contribution in [3.8, 4) is 0 Å². The first-order valence-electron chi connectivity index (χ1n) is 7.02. The van der Waals surface area contributed by atoms with Gasteiger partial charge in [-0.1, -0.05) is 18.2 Å². The minimum absolute atomic E-state index is 0.111. The fourth-order valence-corrected chi connectivity index (χ4v) is 2.80. The van der Waals surface area contributed by atoms with Crippen LogP contribution in [-0.2, 0) is 6.42 Å². The number of rotatable bonds is 3. The number of anilines is 3. The van der Waals surface area contributed by atoms with Crippen molar-refractivity contribution in [2.45, 2.75) is 12.8 Å². The Bertz CT molecular complexity index is 685. The van der Waals surface area contributed by atoms with E-state index >= 15 is 0 Å². The largest absolute Gasteiger partial charge is 0.388 e. The highest BCUT2D eigenvalue weighted by Crippen LogP contribution is 2.36. The molecule has 3 rings (SSSR count). The molecule has 1 aliphatic heterocycles. The Morgan fingerprint density at radius 2 is 2.05 bits per heavy atom. The number of aryl methyl sites for hydroxylation is 1. The van der Waals surface area contributed by atoms with E-state index in [9.17, 15) is 10.1 Å². The normalized spacial score (nSPS) is 13.7. The zero-order chi connectivity index (χ0) is 14.8. The second kappa shape index (κ2) is 5.44. The summed E-state index contributed by atoms with van der Waals surface area (Å²) in [7, 11) is 1.77. The van der Waals surface area contributed by atoms with Crippen LogP contribution in [0.2, 0.25) is 0 Å². The Morgan fingerprint density at radius 3 is 2.81 bits per heavy atom. The lowest BCUT2D eigenvalue weighted by atomic mass is 10.0. The van der Waals surface area contributed by atoms with E-state index in [2.05, 4.69) is 22.3 Å². The number of nitrogens with zero attached hydrogens (tertiary/aromatic N) is 2. The van der Waals surface area contributed by atoms with Crippen molar-refractivity contribution >= 4 is 22.7 Å². The van der Waals surface area contributed by atoms with Gasteiger partial charge in [-0.3, -0.25) is 10.1 Å². The van der Waals surface area contributed by atoms with Gasteiger partial charge in [0.1, 0.15) is 0 Å². The van der Waals surface area contributed by atoms with Gasteiger partial charge in [-0.15, -0.1) is 0 Å². The van der Waals surface area contributed by atoms with Crippen molar-refractivity contribution < 1.29 is 4.92 Å². The maximum absolute atomic E-state index is 11.1. The zero-order valence-corrected chi connectivity index (χ0v) is 11.9. The quantitative estimate of drug-likeness (QED) is 0.689. The third kappa shape index (κ3) is 2.54. The Labute approximate surface area is 123 Å². The maximum atomic E-state index is 11.1. The number of benzene rings is 2. The fourth-order valence-electron chi connectivity index (χ4n) is 2.80. The molecule has 0 bridgehead atoms. The van der Waals surface area contributed by atoms with Crippen LogP contribution in [0.5, 0.6) is 0 Å². The molecule has 0 aliphatic carbocycles. The lowest BCUT2D eigenvalue weighted by Crippen LogP contribution is -2.24. The van der Waals surface area contributed by atoms with Crippen LogP contribution < -0.4 is 10.2 Å². The SMILES string of the molecule is CNc1cc(N2CCCc3ccccc32)cc([N+](=O)[O-])c1. The van der Waals surface area contributed by atoms with E-state index < -0.39 is 0 Å². The van der Waals surface area contributed by atoms with Crippen LogP contribution in [0.4, 0.5) is 22.7 Å². The molecule has 108 valence electrons. The summed E-state index contributed by atoms with van der Waals surface area (Å²) in [5.41, 5.74) is 4.16. The van der Waals surface area contributed by atoms with Crippen molar-refractivity contribution in [1.82, 2.24) is 0 Å². The molecule has 2 aromatic carbocycles. The van der Waals surface area contributed by atoms with E-state index in [-0.39, 0.29) is 10.6 Å². The monoisotopic (exact) mass is 283 g/mol.